The summed E-state index contributed by atoms with van der Waals surface area (Å²) in [5.74, 6) is 0.0180. The van der Waals surface area contributed by atoms with Crippen LogP contribution in [0.25, 0.3) is 49.0 Å². The minimum absolute atomic E-state index is 0.107. The summed E-state index contributed by atoms with van der Waals surface area (Å²) in [5, 5.41) is 9.00. The monoisotopic (exact) mass is 617 g/mol. The van der Waals surface area contributed by atoms with Gasteiger partial charge in [-0.05, 0) is 70.6 Å². The Hall–Kier alpha value is -5.95. The Morgan fingerprint density at radius 3 is 2.43 bits per heavy atom. The number of anilines is 1. The first kappa shape index (κ1) is 28.5. The average Bonchev–Trinajstić information content (AvgIpc) is 3.51. The second kappa shape index (κ2) is 11.4. The lowest BCUT2D eigenvalue weighted by atomic mass is 9.97. The molecule has 0 unspecified atom stereocenters. The number of para-hydroxylation sites is 2. The van der Waals surface area contributed by atoms with Crippen molar-refractivity contribution >= 4 is 60.7 Å². The molecule has 6 aromatic carbocycles. The first-order chi connectivity index (χ1) is 23.0. The molecule has 1 N–H and O–H groups in total. The van der Waals surface area contributed by atoms with Gasteiger partial charge in [-0.25, -0.2) is 4.98 Å². The molecular formula is C40H31N3O4. The van der Waals surface area contributed by atoms with Crippen molar-refractivity contribution in [2.75, 3.05) is 19.0 Å². The van der Waals surface area contributed by atoms with Gasteiger partial charge in [0.2, 0.25) is 0 Å². The van der Waals surface area contributed by atoms with E-state index in [1.807, 2.05) is 128 Å². The lowest BCUT2D eigenvalue weighted by Gasteiger charge is -2.22. The van der Waals surface area contributed by atoms with Gasteiger partial charge in [-0.2, -0.15) is 0 Å². The highest BCUT2D eigenvalue weighted by Gasteiger charge is 2.22. The zero-order chi connectivity index (χ0) is 32.1. The fraction of sp³-hybridized carbons (Fsp3) is 0.125. The van der Waals surface area contributed by atoms with Gasteiger partial charge in [-0.3, -0.25) is 14.0 Å². The summed E-state index contributed by atoms with van der Waals surface area (Å²) >= 11 is 0. The largest absolute Gasteiger partial charge is 0.497 e. The van der Waals surface area contributed by atoms with Crippen molar-refractivity contribution in [1.29, 1.82) is 0 Å². The predicted octanol–water partition coefficient (Wildman–Crippen LogP) is 8.25. The maximum absolute atomic E-state index is 14.0. The normalized spacial score (nSPS) is 13.0. The van der Waals surface area contributed by atoms with Crippen molar-refractivity contribution in [3.63, 3.8) is 0 Å². The van der Waals surface area contributed by atoms with Gasteiger partial charge < -0.3 is 14.8 Å². The summed E-state index contributed by atoms with van der Waals surface area (Å²) in [6.45, 7) is 1.97. The summed E-state index contributed by atoms with van der Waals surface area (Å²) in [4.78, 5) is 32.3. The molecule has 0 aliphatic carbocycles. The predicted molar refractivity (Wildman–Crippen MR) is 188 cm³/mol. The molecule has 47 heavy (non-hydrogen) atoms. The van der Waals surface area contributed by atoms with Gasteiger partial charge in [0, 0.05) is 16.5 Å². The number of benzene rings is 6. The fourth-order valence-corrected chi connectivity index (χ4v) is 6.57. The minimum Gasteiger partial charge on any atom is -0.497 e. The van der Waals surface area contributed by atoms with Crippen molar-refractivity contribution < 1.29 is 14.3 Å². The van der Waals surface area contributed by atoms with Crippen molar-refractivity contribution in [3.05, 3.63) is 143 Å². The summed E-state index contributed by atoms with van der Waals surface area (Å²) in [7, 11) is 1.65. The maximum Gasteiger partial charge on any atom is 0.313 e. The number of methoxy groups -OCH3 is 1. The zero-order valence-corrected chi connectivity index (χ0v) is 25.9. The van der Waals surface area contributed by atoms with Crippen LogP contribution in [0.5, 0.6) is 5.75 Å². The third-order valence-electron chi connectivity index (χ3n) is 9.07. The van der Waals surface area contributed by atoms with E-state index in [-0.39, 0.29) is 24.2 Å². The van der Waals surface area contributed by atoms with Crippen molar-refractivity contribution in [3.8, 4) is 5.75 Å². The van der Waals surface area contributed by atoms with E-state index in [1.165, 1.54) is 0 Å². The van der Waals surface area contributed by atoms with Crippen LogP contribution in [0.2, 0.25) is 0 Å². The van der Waals surface area contributed by atoms with E-state index >= 15 is 0 Å². The number of carbonyl (C=O) groups is 1. The van der Waals surface area contributed by atoms with Crippen LogP contribution < -0.4 is 15.6 Å². The summed E-state index contributed by atoms with van der Waals surface area (Å²) < 4.78 is 13.0. The molecule has 8 rings (SSSR count). The second-order valence-corrected chi connectivity index (χ2v) is 11.9. The number of ether oxygens (including phenoxy) is 2. The summed E-state index contributed by atoms with van der Waals surface area (Å²) in [6.07, 6.45) is 0. The Kier molecular flexibility index (Phi) is 6.94. The molecule has 0 saturated carbocycles. The number of nitrogens with zero attached hydrogens (tertiary/aromatic N) is 2. The molecule has 0 saturated heterocycles. The Labute approximate surface area is 270 Å². The van der Waals surface area contributed by atoms with Crippen LogP contribution in [-0.4, -0.2) is 29.1 Å². The Bertz CT molecular complexity index is 2510. The van der Waals surface area contributed by atoms with Gasteiger partial charge in [0.15, 0.2) is 0 Å². The number of carbonyl (C=O) groups excluding carboxylic acids is 1. The average molecular weight is 618 g/mol. The van der Waals surface area contributed by atoms with Gasteiger partial charge in [-0.1, -0.05) is 84.9 Å². The number of nitrogens with one attached hydrogen (secondary N) is 1. The third kappa shape index (κ3) is 4.97. The molecule has 0 spiro atoms. The first-order valence-corrected chi connectivity index (χ1v) is 15.6. The highest BCUT2D eigenvalue weighted by atomic mass is 16.5. The third-order valence-corrected chi connectivity index (χ3v) is 9.07. The highest BCUT2D eigenvalue weighted by molar-refractivity contribution is 6.16. The molecule has 7 heteroatoms. The molecule has 2 atom stereocenters. The van der Waals surface area contributed by atoms with Gasteiger partial charge in [0.05, 0.1) is 35.5 Å². The Morgan fingerprint density at radius 2 is 1.57 bits per heavy atom. The van der Waals surface area contributed by atoms with Crippen LogP contribution in [0.4, 0.5) is 5.69 Å². The first-order valence-electron chi connectivity index (χ1n) is 15.6. The lowest BCUT2D eigenvalue weighted by molar-refractivity contribution is -0.145. The number of hydrogen-bond acceptors (Lipinski definition) is 6. The molecule has 0 aliphatic heterocycles. The van der Waals surface area contributed by atoms with E-state index < -0.39 is 5.92 Å². The minimum atomic E-state index is -0.460. The standard InChI is InChI=1S/C40H31N3O4/c1-24(26-15-16-28-21-31(46-2)18-17-27(28)19-26)40(45)47-23-35(25-9-4-3-5-10-25)41-30-20-29-11-8-12-32-37(29)33(22-30)39(44)43-36-14-7-6-13-34(36)42-38(32)43/h3-22,24,35,41H,23H2,1-2H3/t24-,35+/m1/s1. The smallest absolute Gasteiger partial charge is 0.313 e. The van der Waals surface area contributed by atoms with Crippen molar-refractivity contribution in [2.24, 2.45) is 0 Å². The SMILES string of the molecule is COc1ccc2cc([C@@H](C)C(=O)OC[C@H](Nc3cc4cccc5c4c(c3)c(=O)n3c4ccccc4nc53)c3ccccc3)ccc2c1. The van der Waals surface area contributed by atoms with Crippen LogP contribution in [0.1, 0.15) is 30.0 Å². The Balaban J connectivity index is 1.12. The van der Waals surface area contributed by atoms with E-state index in [0.717, 1.165) is 60.5 Å². The van der Waals surface area contributed by atoms with Crippen molar-refractivity contribution in [1.82, 2.24) is 9.38 Å². The molecule has 8 aromatic rings. The van der Waals surface area contributed by atoms with E-state index in [2.05, 4.69) is 5.32 Å². The maximum atomic E-state index is 14.0. The van der Waals surface area contributed by atoms with Crippen molar-refractivity contribution in [2.45, 2.75) is 18.9 Å². The van der Waals surface area contributed by atoms with Crippen LogP contribution in [-0.2, 0) is 9.53 Å². The van der Waals surface area contributed by atoms with Gasteiger partial charge in [-0.15, -0.1) is 0 Å². The van der Waals surface area contributed by atoms with E-state index in [1.54, 1.807) is 11.5 Å². The number of hydrogen-bond donors (Lipinski definition) is 1. The quantitative estimate of drug-likeness (QED) is 0.173. The van der Waals surface area contributed by atoms with Crippen LogP contribution >= 0.6 is 0 Å². The van der Waals surface area contributed by atoms with E-state index in [9.17, 15) is 9.59 Å². The number of pyridine rings is 1. The van der Waals surface area contributed by atoms with Gasteiger partial charge >= 0.3 is 5.97 Å². The number of fused-ring (bicyclic) bond motifs is 5. The molecule has 230 valence electrons. The molecule has 2 aromatic heterocycles. The molecule has 2 heterocycles. The number of esters is 1. The number of aromatic nitrogens is 2. The summed E-state index contributed by atoms with van der Waals surface area (Å²) in [5.41, 5.74) is 4.70. The van der Waals surface area contributed by atoms with Crippen LogP contribution in [0.15, 0.2) is 126 Å². The number of rotatable bonds is 8. The topological polar surface area (TPSA) is 81.9 Å². The van der Waals surface area contributed by atoms with Gasteiger partial charge in [0.25, 0.3) is 5.56 Å². The van der Waals surface area contributed by atoms with Crippen LogP contribution in [0, 0.1) is 0 Å². The zero-order valence-electron chi connectivity index (χ0n) is 25.9. The Morgan fingerprint density at radius 1 is 0.787 bits per heavy atom. The second-order valence-electron chi connectivity index (χ2n) is 11.9. The molecule has 0 fully saturated rings. The molecule has 0 radical (unpaired) electrons. The lowest BCUT2D eigenvalue weighted by Crippen LogP contribution is -2.22. The van der Waals surface area contributed by atoms with Gasteiger partial charge in [0.1, 0.15) is 18.0 Å². The molecule has 0 amide bonds. The van der Waals surface area contributed by atoms with E-state index in [0.29, 0.717) is 11.0 Å². The summed E-state index contributed by atoms with van der Waals surface area (Å²) in [6, 6.07) is 39.1. The molecular weight excluding hydrogens is 586 g/mol. The van der Waals surface area contributed by atoms with E-state index in [4.69, 9.17) is 14.5 Å². The molecule has 0 aliphatic rings. The highest BCUT2D eigenvalue weighted by Crippen LogP contribution is 2.33. The van der Waals surface area contributed by atoms with Crippen LogP contribution in [0.3, 0.4) is 0 Å². The molecule has 0 bridgehead atoms. The molecule has 7 nitrogen and oxygen atoms in total. The fourth-order valence-electron chi connectivity index (χ4n) is 6.57. The number of imidazole rings is 1.